The van der Waals surface area contributed by atoms with Crippen molar-refractivity contribution in [3.63, 3.8) is 0 Å². The second kappa shape index (κ2) is 5.58. The molecular formula is C13H13F3N4O2. The summed E-state index contributed by atoms with van der Waals surface area (Å²) in [6, 6.07) is 4.79. The van der Waals surface area contributed by atoms with Gasteiger partial charge in [-0.05, 0) is 18.6 Å². The number of carboxylic acid groups (broad SMARTS) is 1. The molecule has 9 heteroatoms. The van der Waals surface area contributed by atoms with Crippen LogP contribution >= 0.6 is 0 Å². The minimum atomic E-state index is -4.58. The predicted molar refractivity (Wildman–Crippen MR) is 73.3 cm³/mol. The predicted octanol–water partition coefficient (Wildman–Crippen LogP) is 2.07. The molecule has 0 saturated carbocycles. The summed E-state index contributed by atoms with van der Waals surface area (Å²) in [5.41, 5.74) is 10.5. The molecule has 1 aromatic carbocycles. The van der Waals surface area contributed by atoms with Crippen molar-refractivity contribution in [3.05, 3.63) is 35.4 Å². The maximum absolute atomic E-state index is 13.0. The molecule has 6 nitrogen and oxygen atoms in total. The number of nitrogens with two attached hydrogens (primary N) is 2. The van der Waals surface area contributed by atoms with Gasteiger partial charge in [0.15, 0.2) is 5.82 Å². The summed E-state index contributed by atoms with van der Waals surface area (Å²) >= 11 is 0. The van der Waals surface area contributed by atoms with Crippen molar-refractivity contribution in [2.24, 2.45) is 0 Å². The third-order valence-corrected chi connectivity index (χ3v) is 3.08. The lowest BCUT2D eigenvalue weighted by Gasteiger charge is -2.13. The maximum atomic E-state index is 13.0. The number of nitrogens with zero attached hydrogens (tertiary/aromatic N) is 2. The van der Waals surface area contributed by atoms with Crippen LogP contribution in [0.2, 0.25) is 0 Å². The molecule has 0 amide bonds. The van der Waals surface area contributed by atoms with E-state index < -0.39 is 17.7 Å². The Bertz CT molecular complexity index is 710. The monoisotopic (exact) mass is 314 g/mol. The van der Waals surface area contributed by atoms with E-state index in [1.54, 1.807) is 0 Å². The highest BCUT2D eigenvalue weighted by atomic mass is 19.4. The summed E-state index contributed by atoms with van der Waals surface area (Å²) in [6.07, 6.45) is -4.84. The number of halogens is 3. The summed E-state index contributed by atoms with van der Waals surface area (Å²) < 4.78 is 40.0. The van der Waals surface area contributed by atoms with Crippen LogP contribution in [0.3, 0.4) is 0 Å². The van der Waals surface area contributed by atoms with Crippen molar-refractivity contribution in [1.82, 2.24) is 9.78 Å². The third kappa shape index (κ3) is 2.97. The average molecular weight is 314 g/mol. The smallest absolute Gasteiger partial charge is 0.418 e. The fourth-order valence-corrected chi connectivity index (χ4v) is 2.05. The van der Waals surface area contributed by atoms with E-state index in [0.717, 1.165) is 10.7 Å². The van der Waals surface area contributed by atoms with Crippen LogP contribution in [0.1, 0.15) is 17.5 Å². The molecule has 22 heavy (non-hydrogen) atoms. The number of para-hydroxylation sites is 1. The van der Waals surface area contributed by atoms with Crippen LogP contribution in [-0.4, -0.2) is 20.9 Å². The molecule has 0 fully saturated rings. The Kier molecular flexibility index (Phi) is 3.98. The highest BCUT2D eigenvalue weighted by Crippen LogP contribution is 2.35. The number of nitrogen functional groups attached to an aromatic ring is 2. The number of aliphatic carboxylic acids is 1. The van der Waals surface area contributed by atoms with Gasteiger partial charge in [0.05, 0.1) is 11.3 Å². The first-order chi connectivity index (χ1) is 10.2. The Morgan fingerprint density at radius 3 is 2.50 bits per heavy atom. The van der Waals surface area contributed by atoms with Gasteiger partial charge in [-0.2, -0.15) is 13.2 Å². The summed E-state index contributed by atoms with van der Waals surface area (Å²) in [6.45, 7) is 0. The van der Waals surface area contributed by atoms with Gasteiger partial charge in [-0.25, -0.2) is 4.68 Å². The van der Waals surface area contributed by atoms with E-state index in [2.05, 4.69) is 5.10 Å². The number of carbonyl (C=O) groups is 1. The van der Waals surface area contributed by atoms with E-state index in [4.69, 9.17) is 16.6 Å². The van der Waals surface area contributed by atoms with E-state index in [-0.39, 0.29) is 35.7 Å². The summed E-state index contributed by atoms with van der Waals surface area (Å²) in [5, 5.41) is 12.5. The molecule has 0 spiro atoms. The van der Waals surface area contributed by atoms with Crippen LogP contribution < -0.4 is 11.5 Å². The highest BCUT2D eigenvalue weighted by molar-refractivity contribution is 5.69. The normalized spacial score (nSPS) is 11.6. The second-order valence-corrected chi connectivity index (χ2v) is 4.57. The van der Waals surface area contributed by atoms with E-state index in [1.807, 2.05) is 0 Å². The Balaban J connectivity index is 2.51. The van der Waals surface area contributed by atoms with Crippen LogP contribution in [0.5, 0.6) is 0 Å². The zero-order valence-corrected chi connectivity index (χ0v) is 11.3. The lowest BCUT2D eigenvalue weighted by Crippen LogP contribution is -2.13. The third-order valence-electron chi connectivity index (χ3n) is 3.08. The maximum Gasteiger partial charge on any atom is 0.418 e. The van der Waals surface area contributed by atoms with Crippen LogP contribution in [0.15, 0.2) is 24.3 Å². The Labute approximate surface area is 123 Å². The molecular weight excluding hydrogens is 301 g/mol. The summed E-state index contributed by atoms with van der Waals surface area (Å²) in [4.78, 5) is 10.6. The van der Waals surface area contributed by atoms with Crippen molar-refractivity contribution < 1.29 is 23.1 Å². The molecule has 0 saturated heterocycles. The minimum absolute atomic E-state index is 0.0127. The zero-order valence-electron chi connectivity index (χ0n) is 11.3. The largest absolute Gasteiger partial charge is 0.481 e. The Hall–Kier alpha value is -2.71. The van der Waals surface area contributed by atoms with Gasteiger partial charge in [0.2, 0.25) is 0 Å². The van der Waals surface area contributed by atoms with E-state index in [0.29, 0.717) is 0 Å². The lowest BCUT2D eigenvalue weighted by molar-refractivity contribution is -0.138. The van der Waals surface area contributed by atoms with Crippen molar-refractivity contribution in [3.8, 4) is 5.69 Å². The molecule has 5 N–H and O–H groups in total. The first-order valence-corrected chi connectivity index (χ1v) is 6.23. The Morgan fingerprint density at radius 2 is 1.91 bits per heavy atom. The van der Waals surface area contributed by atoms with Gasteiger partial charge < -0.3 is 16.6 Å². The van der Waals surface area contributed by atoms with Crippen molar-refractivity contribution >= 4 is 17.6 Å². The fourth-order valence-electron chi connectivity index (χ4n) is 2.05. The standard InChI is InChI=1S/C13H13F3N4O2/c14-13(15,16)8-3-1-2-4-9(8)20-12(18)7(11(17)19-20)5-6-10(21)22/h1-4H,5-6,18H2,(H2,17,19)(H,21,22). The molecule has 0 atom stereocenters. The molecule has 0 unspecified atom stereocenters. The van der Waals surface area contributed by atoms with Gasteiger partial charge in [-0.15, -0.1) is 5.10 Å². The van der Waals surface area contributed by atoms with Gasteiger partial charge in [-0.3, -0.25) is 4.79 Å². The van der Waals surface area contributed by atoms with E-state index in [9.17, 15) is 18.0 Å². The number of rotatable bonds is 4. The van der Waals surface area contributed by atoms with Gasteiger partial charge in [0.25, 0.3) is 0 Å². The number of hydrogen-bond acceptors (Lipinski definition) is 4. The van der Waals surface area contributed by atoms with Crippen LogP contribution in [0.4, 0.5) is 24.8 Å². The van der Waals surface area contributed by atoms with Gasteiger partial charge >= 0.3 is 12.1 Å². The molecule has 0 aliphatic rings. The van der Waals surface area contributed by atoms with E-state index >= 15 is 0 Å². The molecule has 1 aromatic heterocycles. The minimum Gasteiger partial charge on any atom is -0.481 e. The molecule has 2 rings (SSSR count). The Morgan fingerprint density at radius 1 is 1.27 bits per heavy atom. The number of aromatic nitrogens is 2. The van der Waals surface area contributed by atoms with E-state index in [1.165, 1.54) is 18.2 Å². The number of anilines is 2. The van der Waals surface area contributed by atoms with Crippen molar-refractivity contribution in [1.29, 1.82) is 0 Å². The second-order valence-electron chi connectivity index (χ2n) is 4.57. The molecule has 0 bridgehead atoms. The molecule has 0 radical (unpaired) electrons. The SMILES string of the molecule is Nc1nn(-c2ccccc2C(F)(F)F)c(N)c1CCC(=O)O. The molecule has 118 valence electrons. The fraction of sp³-hybridized carbons (Fsp3) is 0.231. The topological polar surface area (TPSA) is 107 Å². The van der Waals surface area contributed by atoms with Crippen molar-refractivity contribution in [2.45, 2.75) is 19.0 Å². The average Bonchev–Trinajstić information content (AvgIpc) is 2.70. The molecule has 0 aliphatic carbocycles. The zero-order chi connectivity index (χ0) is 16.5. The number of carboxylic acids is 1. The number of hydrogen-bond donors (Lipinski definition) is 3. The van der Waals surface area contributed by atoms with Gasteiger partial charge in [0.1, 0.15) is 5.82 Å². The van der Waals surface area contributed by atoms with Gasteiger partial charge in [-0.1, -0.05) is 12.1 Å². The number of alkyl halides is 3. The molecule has 1 heterocycles. The van der Waals surface area contributed by atoms with Crippen molar-refractivity contribution in [2.75, 3.05) is 11.5 Å². The first-order valence-electron chi connectivity index (χ1n) is 6.23. The quantitative estimate of drug-likeness (QED) is 0.801. The lowest BCUT2D eigenvalue weighted by atomic mass is 10.1. The first kappa shape index (κ1) is 15.7. The molecule has 0 aliphatic heterocycles. The van der Waals surface area contributed by atoms with Crippen LogP contribution in [-0.2, 0) is 17.4 Å². The summed E-state index contributed by atoms with van der Waals surface area (Å²) in [5.74, 6) is -1.26. The molecule has 2 aromatic rings. The van der Waals surface area contributed by atoms with Crippen LogP contribution in [0, 0.1) is 0 Å². The highest BCUT2D eigenvalue weighted by Gasteiger charge is 2.34. The summed E-state index contributed by atoms with van der Waals surface area (Å²) in [7, 11) is 0. The van der Waals surface area contributed by atoms with Crippen LogP contribution in [0.25, 0.3) is 5.69 Å². The number of benzene rings is 1. The van der Waals surface area contributed by atoms with Gasteiger partial charge in [0, 0.05) is 12.0 Å².